The van der Waals surface area contributed by atoms with Crippen LogP contribution in [0.15, 0.2) is 0 Å². The first-order chi connectivity index (χ1) is 11.0. The van der Waals surface area contributed by atoms with Crippen molar-refractivity contribution >= 4 is 11.9 Å². The van der Waals surface area contributed by atoms with Crippen LogP contribution in [0.1, 0.15) is 84.5 Å². The normalized spacial score (nSPS) is 27.7. The Morgan fingerprint density at radius 3 is 1.52 bits per heavy atom. The van der Waals surface area contributed by atoms with E-state index in [1.54, 1.807) is 0 Å². The second-order valence-electron chi connectivity index (χ2n) is 7.17. The van der Waals surface area contributed by atoms with Gasteiger partial charge < -0.3 is 10.2 Å². The van der Waals surface area contributed by atoms with Crippen LogP contribution in [-0.2, 0) is 9.59 Å². The molecule has 23 heavy (non-hydrogen) atoms. The molecule has 4 unspecified atom stereocenters. The van der Waals surface area contributed by atoms with E-state index in [4.69, 9.17) is 0 Å². The number of carboxylic acid groups (broad SMARTS) is 2. The fourth-order valence-corrected chi connectivity index (χ4v) is 4.22. The van der Waals surface area contributed by atoms with Crippen LogP contribution in [-0.4, -0.2) is 22.2 Å². The SMILES string of the molecule is CCCCCCC1CCC(CCCCC)C(C(=O)O)C1C(=O)O. The fourth-order valence-electron chi connectivity index (χ4n) is 4.22. The third-order valence-corrected chi connectivity index (χ3v) is 5.49. The predicted molar refractivity (Wildman–Crippen MR) is 91.4 cm³/mol. The van der Waals surface area contributed by atoms with E-state index < -0.39 is 23.8 Å². The van der Waals surface area contributed by atoms with Gasteiger partial charge in [0, 0.05) is 0 Å². The lowest BCUT2D eigenvalue weighted by atomic mass is 9.64. The summed E-state index contributed by atoms with van der Waals surface area (Å²) in [5.41, 5.74) is 0. The standard InChI is InChI=1S/C19H34O4/c1-3-5-7-9-11-15-13-12-14(10-8-6-4-2)16(18(20)21)17(15)19(22)23/h14-17H,3-13H2,1-2H3,(H,20,21)(H,22,23). The van der Waals surface area contributed by atoms with Crippen LogP contribution in [0.5, 0.6) is 0 Å². The molecule has 0 radical (unpaired) electrons. The number of aliphatic carboxylic acids is 2. The van der Waals surface area contributed by atoms with E-state index in [0.29, 0.717) is 0 Å². The molecule has 0 spiro atoms. The van der Waals surface area contributed by atoms with Crippen molar-refractivity contribution in [1.29, 1.82) is 0 Å². The summed E-state index contributed by atoms with van der Waals surface area (Å²) < 4.78 is 0. The second-order valence-corrected chi connectivity index (χ2v) is 7.17. The van der Waals surface area contributed by atoms with Crippen LogP contribution in [0.3, 0.4) is 0 Å². The smallest absolute Gasteiger partial charge is 0.307 e. The van der Waals surface area contributed by atoms with E-state index in [9.17, 15) is 19.8 Å². The average Bonchev–Trinajstić information content (AvgIpc) is 2.51. The summed E-state index contributed by atoms with van der Waals surface area (Å²) in [4.78, 5) is 23.6. The van der Waals surface area contributed by atoms with Crippen LogP contribution in [0, 0.1) is 23.7 Å². The minimum atomic E-state index is -0.905. The maximum atomic E-state index is 11.8. The number of hydrogen-bond acceptors (Lipinski definition) is 2. The molecule has 2 N–H and O–H groups in total. The minimum absolute atomic E-state index is 0.0343. The van der Waals surface area contributed by atoms with E-state index in [1.807, 2.05) is 0 Å². The quantitative estimate of drug-likeness (QED) is 0.526. The highest BCUT2D eigenvalue weighted by atomic mass is 16.4. The summed E-state index contributed by atoms with van der Waals surface area (Å²) in [6, 6.07) is 0. The molecule has 4 heteroatoms. The first-order valence-corrected chi connectivity index (χ1v) is 9.48. The van der Waals surface area contributed by atoms with Crippen molar-refractivity contribution in [2.45, 2.75) is 84.5 Å². The summed E-state index contributed by atoms with van der Waals surface area (Å²) in [5.74, 6) is -3.14. The molecule has 0 amide bonds. The van der Waals surface area contributed by atoms with Gasteiger partial charge in [-0.3, -0.25) is 9.59 Å². The lowest BCUT2D eigenvalue weighted by Crippen LogP contribution is -2.43. The Kier molecular flexibility index (Phi) is 9.27. The predicted octanol–water partition coefficient (Wildman–Crippen LogP) is 4.96. The number of unbranched alkanes of at least 4 members (excludes halogenated alkanes) is 5. The van der Waals surface area contributed by atoms with Crippen LogP contribution >= 0.6 is 0 Å². The zero-order valence-corrected chi connectivity index (χ0v) is 14.8. The van der Waals surface area contributed by atoms with Gasteiger partial charge in [-0.05, 0) is 37.5 Å². The van der Waals surface area contributed by atoms with Gasteiger partial charge in [0.1, 0.15) is 0 Å². The molecule has 4 atom stereocenters. The molecule has 1 fully saturated rings. The summed E-state index contributed by atoms with van der Waals surface area (Å²) in [5, 5.41) is 19.3. The molecule has 1 aliphatic carbocycles. The monoisotopic (exact) mass is 326 g/mol. The van der Waals surface area contributed by atoms with Gasteiger partial charge in [0.15, 0.2) is 0 Å². The molecular weight excluding hydrogens is 292 g/mol. The average molecular weight is 326 g/mol. The van der Waals surface area contributed by atoms with Crippen molar-refractivity contribution in [3.8, 4) is 0 Å². The summed E-state index contributed by atoms with van der Waals surface area (Å²) in [6.45, 7) is 4.28. The highest BCUT2D eigenvalue weighted by molar-refractivity contribution is 5.80. The Morgan fingerprint density at radius 2 is 1.13 bits per heavy atom. The van der Waals surface area contributed by atoms with E-state index in [2.05, 4.69) is 13.8 Å². The first kappa shape index (κ1) is 20.0. The van der Waals surface area contributed by atoms with Gasteiger partial charge >= 0.3 is 11.9 Å². The van der Waals surface area contributed by atoms with Crippen molar-refractivity contribution in [1.82, 2.24) is 0 Å². The Morgan fingerprint density at radius 1 is 0.739 bits per heavy atom. The molecule has 4 nitrogen and oxygen atoms in total. The molecule has 0 aromatic rings. The van der Waals surface area contributed by atoms with Crippen molar-refractivity contribution in [3.63, 3.8) is 0 Å². The van der Waals surface area contributed by atoms with Gasteiger partial charge in [-0.1, -0.05) is 58.8 Å². The Hall–Kier alpha value is -1.06. The number of carbonyl (C=O) groups is 2. The number of carboxylic acids is 2. The Bertz CT molecular complexity index is 366. The molecule has 0 bridgehead atoms. The van der Waals surface area contributed by atoms with Crippen LogP contribution in [0.2, 0.25) is 0 Å². The summed E-state index contributed by atoms with van der Waals surface area (Å²) in [6.07, 6.45) is 11.2. The number of hydrogen-bond donors (Lipinski definition) is 2. The van der Waals surface area contributed by atoms with E-state index >= 15 is 0 Å². The van der Waals surface area contributed by atoms with Gasteiger partial charge in [-0.25, -0.2) is 0 Å². The van der Waals surface area contributed by atoms with Crippen LogP contribution < -0.4 is 0 Å². The molecule has 0 saturated heterocycles. The largest absolute Gasteiger partial charge is 0.481 e. The van der Waals surface area contributed by atoms with Crippen molar-refractivity contribution in [3.05, 3.63) is 0 Å². The molecule has 0 aliphatic heterocycles. The first-order valence-electron chi connectivity index (χ1n) is 9.48. The van der Waals surface area contributed by atoms with Gasteiger partial charge in [-0.15, -0.1) is 0 Å². The highest BCUT2D eigenvalue weighted by Gasteiger charge is 2.46. The third kappa shape index (κ3) is 6.15. The van der Waals surface area contributed by atoms with Crippen molar-refractivity contribution in [2.75, 3.05) is 0 Å². The van der Waals surface area contributed by atoms with Gasteiger partial charge in [0.05, 0.1) is 11.8 Å². The fraction of sp³-hybridized carbons (Fsp3) is 0.895. The van der Waals surface area contributed by atoms with Crippen molar-refractivity contribution in [2.24, 2.45) is 23.7 Å². The zero-order chi connectivity index (χ0) is 17.2. The molecule has 1 saturated carbocycles. The van der Waals surface area contributed by atoms with E-state index in [1.165, 1.54) is 6.42 Å². The lowest BCUT2D eigenvalue weighted by Gasteiger charge is -2.39. The van der Waals surface area contributed by atoms with Gasteiger partial charge in [-0.2, -0.15) is 0 Å². The van der Waals surface area contributed by atoms with E-state index in [-0.39, 0.29) is 11.8 Å². The van der Waals surface area contributed by atoms with Crippen LogP contribution in [0.25, 0.3) is 0 Å². The van der Waals surface area contributed by atoms with Gasteiger partial charge in [0.25, 0.3) is 0 Å². The highest BCUT2D eigenvalue weighted by Crippen LogP contribution is 2.43. The zero-order valence-electron chi connectivity index (χ0n) is 14.8. The maximum Gasteiger partial charge on any atom is 0.307 e. The summed E-state index contributed by atoms with van der Waals surface area (Å²) >= 11 is 0. The van der Waals surface area contributed by atoms with Crippen molar-refractivity contribution < 1.29 is 19.8 Å². The molecule has 1 aliphatic rings. The molecule has 1 rings (SSSR count). The topological polar surface area (TPSA) is 74.6 Å². The molecular formula is C19H34O4. The molecule has 0 aromatic carbocycles. The van der Waals surface area contributed by atoms with E-state index in [0.717, 1.165) is 64.2 Å². The summed E-state index contributed by atoms with van der Waals surface area (Å²) in [7, 11) is 0. The Balaban J connectivity index is 2.73. The lowest BCUT2D eigenvalue weighted by molar-refractivity contribution is -0.162. The van der Waals surface area contributed by atoms with Crippen LogP contribution in [0.4, 0.5) is 0 Å². The Labute approximate surface area is 140 Å². The second kappa shape index (κ2) is 10.7. The molecule has 134 valence electrons. The third-order valence-electron chi connectivity index (χ3n) is 5.49. The van der Waals surface area contributed by atoms with Gasteiger partial charge in [0.2, 0.25) is 0 Å². The molecule has 0 aromatic heterocycles. The molecule has 0 heterocycles. The minimum Gasteiger partial charge on any atom is -0.481 e. The number of rotatable bonds is 11. The maximum absolute atomic E-state index is 11.8.